The van der Waals surface area contributed by atoms with Crippen molar-refractivity contribution in [1.29, 1.82) is 0 Å². The Kier molecular flexibility index (Phi) is 128. The summed E-state index contributed by atoms with van der Waals surface area (Å²) in [5, 5.41) is 0. The molecule has 0 spiro atoms. The molecule has 0 heterocycles. The van der Waals surface area contributed by atoms with Crippen molar-refractivity contribution in [1.82, 2.24) is 0 Å². The molecule has 3 nitrogen and oxygen atoms in total. The topological polar surface area (TPSA) is 63.2 Å². The molecule has 0 fully saturated rings. The maximum atomic E-state index is 8.52. The first-order valence-corrected chi connectivity index (χ1v) is 1.84. The van der Waals surface area contributed by atoms with Crippen LogP contribution in [0.1, 0.15) is 0 Å². The van der Waals surface area contributed by atoms with Gasteiger partial charge < -0.3 is 14.1 Å². The minimum Gasteiger partial charge on any atom is -0.672 e. The van der Waals surface area contributed by atoms with Gasteiger partial charge in [-0.25, -0.2) is 0 Å². The molecule has 0 unspecified atom stereocenters. The zero-order chi connectivity index (χ0) is 3.58. The van der Waals surface area contributed by atoms with Crippen molar-refractivity contribution < 1.29 is 60.7 Å². The Morgan fingerprint density at radius 2 is 1.22 bits per heavy atom. The van der Waals surface area contributed by atoms with Crippen LogP contribution in [-0.4, -0.2) is 87.3 Å². The first kappa shape index (κ1) is 38.7. The molecule has 0 aromatic heterocycles. The summed E-state index contributed by atoms with van der Waals surface area (Å²) in [5.74, 6) is 0. The van der Waals surface area contributed by atoms with Gasteiger partial charge >= 0.3 is 125 Å². The molecule has 0 aliphatic rings. The summed E-state index contributed by atoms with van der Waals surface area (Å²) in [6, 6.07) is 0. The Morgan fingerprint density at radius 1 is 1.22 bits per heavy atom. The summed E-state index contributed by atoms with van der Waals surface area (Å²) in [4.78, 5) is 17.0. The Bertz CT molecular complexity index is 46.8. The molecule has 0 aromatic rings. The number of hydrogen-bond acceptors (Lipinski definition) is 3. The molecule has 0 amide bonds. The summed E-state index contributed by atoms with van der Waals surface area (Å²) in [5.41, 5.74) is 0. The van der Waals surface area contributed by atoms with E-state index in [0.717, 1.165) is 0 Å². The fourth-order valence-corrected chi connectivity index (χ4v) is 0. The minimum absolute atomic E-state index is 0. The van der Waals surface area contributed by atoms with E-state index in [2.05, 4.69) is 0 Å². The zero-order valence-corrected chi connectivity index (χ0v) is 14.0. The maximum absolute atomic E-state index is 8.52. The molecule has 0 atom stereocenters. The number of hydrogen-bond donors (Lipinski definition) is 0. The van der Waals surface area contributed by atoms with Crippen LogP contribution >= 0.6 is 0 Å². The van der Waals surface area contributed by atoms with Gasteiger partial charge in [-0.3, -0.25) is 0 Å². The normalized spacial score (nSPS) is 2.67. The second kappa shape index (κ2) is 29.8. The third kappa shape index (κ3) is 80.5. The fourth-order valence-electron chi connectivity index (χ4n) is 0. The van der Waals surface area contributed by atoms with E-state index < -0.39 is 9.17 Å². The summed E-state index contributed by atoms with van der Waals surface area (Å²) < 4.78 is 8.52. The first-order chi connectivity index (χ1) is 1.73. The predicted molar refractivity (Wildman–Crippen MR) is 23.7 cm³/mol. The van der Waals surface area contributed by atoms with Crippen LogP contribution in [0.3, 0.4) is 0 Å². The van der Waals surface area contributed by atoms with Crippen LogP contribution in [0.15, 0.2) is 0 Å². The largest absolute Gasteiger partial charge is 3.00 e. The smallest absolute Gasteiger partial charge is 0.672 e. The molecule has 30 valence electrons. The van der Waals surface area contributed by atoms with E-state index in [0.29, 0.717) is 0 Å². The Morgan fingerprint density at radius 3 is 1.22 bits per heavy atom. The standard InChI is InChI=1S/Al.Ca.Fe.Mg.Na.O3Si/c;;;;;1-4(2)3/q+3;3*+2;+1;-2. The molecule has 0 N–H and O–H groups in total. The Labute approximate surface area is 145 Å². The maximum Gasteiger partial charge on any atom is 3.00 e. The monoisotopic (exact) mass is 246 g/mol. The zero-order valence-electron chi connectivity index (χ0n) is 5.07. The summed E-state index contributed by atoms with van der Waals surface area (Å²) in [6.45, 7) is 0. The summed E-state index contributed by atoms with van der Waals surface area (Å²) in [6.07, 6.45) is 0. The van der Waals surface area contributed by atoms with Gasteiger partial charge in [0.15, 0.2) is 0 Å². The van der Waals surface area contributed by atoms with Crippen LogP contribution in [0.2, 0.25) is 0 Å². The molecular weight excluding hydrogens is 246 g/mol. The second-order valence-electron chi connectivity index (χ2n) is 0.250. The van der Waals surface area contributed by atoms with Crippen molar-refractivity contribution in [2.45, 2.75) is 0 Å². The molecule has 9 heteroatoms. The van der Waals surface area contributed by atoms with Crippen molar-refractivity contribution in [2.24, 2.45) is 0 Å². The van der Waals surface area contributed by atoms with Crippen LogP contribution in [0.25, 0.3) is 0 Å². The fraction of sp³-hybridized carbons (Fsp3) is 0. The average molecular weight is 246 g/mol. The van der Waals surface area contributed by atoms with Gasteiger partial charge in [0.2, 0.25) is 0 Å². The molecule has 0 aliphatic heterocycles. The minimum atomic E-state index is -3.63. The average Bonchev–Trinajstić information content (AvgIpc) is 0.811. The quantitative estimate of drug-likeness (QED) is 0.399. The van der Waals surface area contributed by atoms with Crippen LogP contribution in [0.4, 0.5) is 0 Å². The van der Waals surface area contributed by atoms with Gasteiger partial charge in [0.25, 0.3) is 0 Å². The van der Waals surface area contributed by atoms with Gasteiger partial charge in [0.1, 0.15) is 0 Å². The van der Waals surface area contributed by atoms with E-state index in [9.17, 15) is 0 Å². The SMILES string of the molecule is O=[Si]([O-])[O-].[Al+3].[Ca+2].[Fe+2].[Mg+2].[Na+]. The van der Waals surface area contributed by atoms with Gasteiger partial charge in [-0.2, -0.15) is 0 Å². The van der Waals surface area contributed by atoms with Crippen LogP contribution in [-0.2, 0) is 21.5 Å². The first-order valence-electron chi connectivity index (χ1n) is 0.612. The van der Waals surface area contributed by atoms with E-state index >= 15 is 0 Å². The summed E-state index contributed by atoms with van der Waals surface area (Å²) >= 11 is 0. The van der Waals surface area contributed by atoms with Gasteiger partial charge in [-0.15, -0.1) is 0 Å². The Hall–Kier alpha value is 3.69. The molecule has 0 aromatic carbocycles. The van der Waals surface area contributed by atoms with Crippen molar-refractivity contribution in [2.75, 3.05) is 0 Å². The molecule has 0 radical (unpaired) electrons. The Balaban J connectivity index is -0.00000000450. The van der Waals surface area contributed by atoms with Gasteiger partial charge in [0, 0.05) is 9.17 Å². The van der Waals surface area contributed by atoms with Crippen molar-refractivity contribution in [3.8, 4) is 0 Å². The molecule has 0 bridgehead atoms. The van der Waals surface area contributed by atoms with Gasteiger partial charge in [0.05, 0.1) is 0 Å². The van der Waals surface area contributed by atoms with Crippen molar-refractivity contribution >= 4 is 87.3 Å². The van der Waals surface area contributed by atoms with Gasteiger partial charge in [-0.1, -0.05) is 0 Å². The van der Waals surface area contributed by atoms with Gasteiger partial charge in [-0.05, 0) is 0 Å². The van der Waals surface area contributed by atoms with Crippen LogP contribution in [0, 0.1) is 0 Å². The third-order valence-electron chi connectivity index (χ3n) is 0. The molecule has 9 heavy (non-hydrogen) atoms. The van der Waals surface area contributed by atoms with Crippen molar-refractivity contribution in [3.63, 3.8) is 0 Å². The molecule has 0 saturated carbocycles. The molecule has 0 aliphatic carbocycles. The molecule has 0 saturated heterocycles. The second-order valence-corrected chi connectivity index (χ2v) is 0.750. The predicted octanol–water partition coefficient (Wildman–Crippen LogP) is -7.02. The van der Waals surface area contributed by atoms with E-state index in [1.807, 2.05) is 0 Å². The van der Waals surface area contributed by atoms with E-state index in [1.54, 1.807) is 0 Å². The van der Waals surface area contributed by atoms with Crippen LogP contribution < -0.4 is 39.1 Å². The number of rotatable bonds is 0. The molecular formula is AlCaFeMgNaO3Si+8. The third-order valence-corrected chi connectivity index (χ3v) is 0. The molecule has 0 rings (SSSR count). The van der Waals surface area contributed by atoms with Crippen molar-refractivity contribution in [3.05, 3.63) is 0 Å². The van der Waals surface area contributed by atoms with E-state index in [-0.39, 0.29) is 125 Å². The summed E-state index contributed by atoms with van der Waals surface area (Å²) in [7, 11) is -3.63. The van der Waals surface area contributed by atoms with Crippen LogP contribution in [0.5, 0.6) is 0 Å². The van der Waals surface area contributed by atoms with E-state index in [1.165, 1.54) is 0 Å². The van der Waals surface area contributed by atoms with E-state index in [4.69, 9.17) is 14.1 Å².